The normalized spacial score (nSPS) is 19.5. The monoisotopic (exact) mass is 332 g/mol. The number of hydrogen-bond donors (Lipinski definition) is 0. The minimum absolute atomic E-state index is 0.127. The van der Waals surface area contributed by atoms with Gasteiger partial charge in [-0.05, 0) is 18.9 Å². The van der Waals surface area contributed by atoms with Crippen LogP contribution in [-0.2, 0) is 15.2 Å². The van der Waals surface area contributed by atoms with Crippen molar-refractivity contribution in [1.82, 2.24) is 9.88 Å². The molecule has 1 saturated heterocycles. The molecular weight excluding hydrogens is 315 g/mol. The molecular formula is C13H17FN2O5S. The van der Waals surface area contributed by atoms with Crippen molar-refractivity contribution in [3.8, 4) is 5.75 Å². The van der Waals surface area contributed by atoms with E-state index >= 15 is 0 Å². The molecule has 0 saturated carbocycles. The molecule has 0 radical (unpaired) electrons. The quantitative estimate of drug-likeness (QED) is 0.773. The van der Waals surface area contributed by atoms with Gasteiger partial charge in [0.25, 0.3) is 5.91 Å². The number of halogens is 1. The topological polar surface area (TPSA) is 85.8 Å². The summed E-state index contributed by atoms with van der Waals surface area (Å²) in [4.78, 5) is 17.7. The molecule has 1 aromatic heterocycles. The average Bonchev–Trinajstić information content (AvgIpc) is 2.70. The third kappa shape index (κ3) is 4.63. The molecule has 1 atom stereocenters. The van der Waals surface area contributed by atoms with Crippen LogP contribution in [0.1, 0.15) is 30.1 Å². The summed E-state index contributed by atoms with van der Waals surface area (Å²) in [6, 6.07) is 1.15. The maximum atomic E-state index is 12.5. The Morgan fingerprint density at radius 1 is 1.50 bits per heavy atom. The molecule has 2 rings (SSSR count). The molecule has 0 N–H and O–H groups in total. The Kier molecular flexibility index (Phi) is 5.30. The lowest BCUT2D eigenvalue weighted by molar-refractivity contribution is 0.0570. The van der Waals surface area contributed by atoms with Crippen molar-refractivity contribution < 1.29 is 26.0 Å². The van der Waals surface area contributed by atoms with E-state index in [-0.39, 0.29) is 23.3 Å². The van der Waals surface area contributed by atoms with Crippen molar-refractivity contribution in [3.63, 3.8) is 0 Å². The smallest absolute Gasteiger partial charge is 0.376 e. The number of carbonyl (C=O) groups excluding carboxylic acids is 1. The summed E-state index contributed by atoms with van der Waals surface area (Å²) >= 11 is 0. The van der Waals surface area contributed by atoms with Gasteiger partial charge in [0, 0.05) is 19.3 Å². The average molecular weight is 332 g/mol. The molecule has 1 aromatic rings. The van der Waals surface area contributed by atoms with Gasteiger partial charge in [-0.15, -0.1) is 0 Å². The first-order valence-corrected chi connectivity index (χ1v) is 8.20. The second-order valence-corrected chi connectivity index (χ2v) is 5.82. The van der Waals surface area contributed by atoms with Crippen LogP contribution in [0.2, 0.25) is 0 Å². The first-order chi connectivity index (χ1) is 10.4. The molecule has 122 valence electrons. The number of hydrogen-bond acceptors (Lipinski definition) is 6. The van der Waals surface area contributed by atoms with Crippen LogP contribution >= 0.6 is 0 Å². The van der Waals surface area contributed by atoms with Crippen LogP contribution in [0.3, 0.4) is 0 Å². The van der Waals surface area contributed by atoms with Crippen LogP contribution in [0.15, 0.2) is 18.5 Å². The third-order valence-corrected chi connectivity index (χ3v) is 3.73. The van der Waals surface area contributed by atoms with Crippen molar-refractivity contribution in [2.45, 2.75) is 25.9 Å². The second-order valence-electron chi connectivity index (χ2n) is 4.87. The molecule has 1 fully saturated rings. The van der Waals surface area contributed by atoms with Gasteiger partial charge in [-0.3, -0.25) is 9.78 Å². The van der Waals surface area contributed by atoms with Crippen molar-refractivity contribution >= 4 is 16.4 Å². The van der Waals surface area contributed by atoms with Gasteiger partial charge >= 0.3 is 10.5 Å². The van der Waals surface area contributed by atoms with Gasteiger partial charge in [0.1, 0.15) is 0 Å². The molecule has 1 amide bonds. The predicted molar refractivity (Wildman–Crippen MR) is 75.4 cm³/mol. The molecule has 2 heterocycles. The van der Waals surface area contributed by atoms with Gasteiger partial charge in [-0.2, -0.15) is 8.42 Å². The van der Waals surface area contributed by atoms with E-state index in [0.717, 1.165) is 25.1 Å². The first kappa shape index (κ1) is 16.6. The zero-order chi connectivity index (χ0) is 16.2. The number of amides is 1. The fourth-order valence-corrected chi connectivity index (χ4v) is 2.55. The lowest BCUT2D eigenvalue weighted by Crippen LogP contribution is -2.33. The summed E-state index contributed by atoms with van der Waals surface area (Å²) in [6.07, 6.45) is 4.03. The van der Waals surface area contributed by atoms with Crippen LogP contribution in [0.25, 0.3) is 0 Å². The van der Waals surface area contributed by atoms with Gasteiger partial charge < -0.3 is 13.8 Å². The standard InChI is InChI=1S/C13H17FN2O5S/c1-2-11-3-4-16(5-6-20-11)13(17)10-7-12(9-15-8-10)21-22(14,18)19/h7-9,11H,2-6H2,1H3. The van der Waals surface area contributed by atoms with Crippen molar-refractivity contribution in [2.75, 3.05) is 19.7 Å². The molecule has 0 bridgehead atoms. The Hall–Kier alpha value is -1.74. The van der Waals surface area contributed by atoms with E-state index in [1.807, 2.05) is 6.92 Å². The van der Waals surface area contributed by atoms with Crippen LogP contribution in [0, 0.1) is 0 Å². The lowest BCUT2D eigenvalue weighted by atomic mass is 10.2. The fourth-order valence-electron chi connectivity index (χ4n) is 2.23. The van der Waals surface area contributed by atoms with E-state index in [9.17, 15) is 17.1 Å². The Labute approximate surface area is 128 Å². The van der Waals surface area contributed by atoms with E-state index in [4.69, 9.17) is 4.74 Å². The van der Waals surface area contributed by atoms with Gasteiger partial charge in [0.05, 0.1) is 24.5 Å². The third-order valence-electron chi connectivity index (χ3n) is 3.33. The van der Waals surface area contributed by atoms with Crippen LogP contribution < -0.4 is 4.18 Å². The van der Waals surface area contributed by atoms with Gasteiger partial charge in [-0.1, -0.05) is 10.8 Å². The molecule has 0 spiro atoms. The zero-order valence-corrected chi connectivity index (χ0v) is 12.9. The van der Waals surface area contributed by atoms with Crippen LogP contribution in [0.5, 0.6) is 5.75 Å². The first-order valence-electron chi connectivity index (χ1n) is 6.89. The summed E-state index contributed by atoms with van der Waals surface area (Å²) in [6.45, 7) is 3.42. The van der Waals surface area contributed by atoms with Gasteiger partial charge in [0.2, 0.25) is 0 Å². The fraction of sp³-hybridized carbons (Fsp3) is 0.538. The highest BCUT2D eigenvalue weighted by Gasteiger charge is 2.22. The van der Waals surface area contributed by atoms with Gasteiger partial charge in [-0.25, -0.2) is 0 Å². The molecule has 7 nitrogen and oxygen atoms in total. The highest BCUT2D eigenvalue weighted by molar-refractivity contribution is 7.81. The maximum absolute atomic E-state index is 12.5. The predicted octanol–water partition coefficient (Wildman–Crippen LogP) is 1.32. The second kappa shape index (κ2) is 7.01. The highest BCUT2D eigenvalue weighted by Crippen LogP contribution is 2.17. The van der Waals surface area contributed by atoms with Crippen molar-refractivity contribution in [3.05, 3.63) is 24.0 Å². The minimum Gasteiger partial charge on any atom is -0.376 e. The number of ether oxygens (including phenoxy) is 1. The number of rotatable bonds is 4. The Bertz CT molecular complexity index is 637. The van der Waals surface area contributed by atoms with E-state index in [2.05, 4.69) is 9.17 Å². The molecule has 1 aliphatic rings. The van der Waals surface area contributed by atoms with Gasteiger partial charge in [0.15, 0.2) is 5.75 Å². The SMILES string of the molecule is CCC1CCN(C(=O)c2cncc(OS(=O)(=O)F)c2)CCO1. The maximum Gasteiger partial charge on any atom is 0.488 e. The molecule has 1 unspecified atom stereocenters. The molecule has 0 aliphatic carbocycles. The number of carbonyl (C=O) groups is 1. The van der Waals surface area contributed by atoms with Crippen molar-refractivity contribution in [1.29, 1.82) is 0 Å². The Balaban J connectivity index is 2.10. The largest absolute Gasteiger partial charge is 0.488 e. The molecule has 0 aromatic carbocycles. The van der Waals surface area contributed by atoms with Crippen molar-refractivity contribution in [2.24, 2.45) is 0 Å². The Morgan fingerprint density at radius 3 is 2.95 bits per heavy atom. The summed E-state index contributed by atoms with van der Waals surface area (Å²) in [5.74, 6) is -0.666. The molecule has 1 aliphatic heterocycles. The number of nitrogens with zero attached hydrogens (tertiary/aromatic N) is 2. The van der Waals surface area contributed by atoms with E-state index in [1.54, 1.807) is 4.90 Å². The number of aromatic nitrogens is 1. The van der Waals surface area contributed by atoms with Crippen LogP contribution in [0.4, 0.5) is 3.89 Å². The summed E-state index contributed by atoms with van der Waals surface area (Å²) in [5, 5.41) is 0. The van der Waals surface area contributed by atoms with E-state index in [1.165, 1.54) is 6.20 Å². The van der Waals surface area contributed by atoms with E-state index in [0.29, 0.717) is 19.7 Å². The number of pyridine rings is 1. The van der Waals surface area contributed by atoms with Crippen LogP contribution in [-0.4, -0.2) is 50.0 Å². The highest BCUT2D eigenvalue weighted by atomic mass is 32.3. The molecule has 9 heteroatoms. The van der Waals surface area contributed by atoms with E-state index < -0.39 is 10.5 Å². The summed E-state index contributed by atoms with van der Waals surface area (Å²) in [5.41, 5.74) is 0.135. The summed E-state index contributed by atoms with van der Waals surface area (Å²) in [7, 11) is -5.15. The zero-order valence-electron chi connectivity index (χ0n) is 12.1. The Morgan fingerprint density at radius 2 is 2.27 bits per heavy atom. The lowest BCUT2D eigenvalue weighted by Gasteiger charge is -2.19. The minimum atomic E-state index is -5.15. The molecule has 22 heavy (non-hydrogen) atoms. The summed E-state index contributed by atoms with van der Waals surface area (Å²) < 4.78 is 43.1.